The van der Waals surface area contributed by atoms with E-state index in [4.69, 9.17) is 18.4 Å². The Morgan fingerprint density at radius 1 is 1.13 bits per heavy atom. The molecule has 45 heavy (non-hydrogen) atoms. The minimum absolute atomic E-state index is 0.0242. The van der Waals surface area contributed by atoms with E-state index in [2.05, 4.69) is 0 Å². The van der Waals surface area contributed by atoms with Crippen molar-refractivity contribution in [3.05, 3.63) is 47.0 Å². The highest BCUT2D eigenvalue weighted by atomic mass is 32.2. The summed E-state index contributed by atoms with van der Waals surface area (Å²) in [4.78, 5) is 28.3. The Hall–Kier alpha value is -2.40. The molecule has 3 N–H and O–H groups in total. The standard InChI is InChI=1S/C30H37F3O11S/c1-6-42-28-14-41-19(28)12-18(44-45(39,40)30(31,32)33)27(5)22(28)24(43-25(37)16-10-8-7-9-11-16)29(38)13-17(34)15(2)20(26(29,3)4)21(35)23(27)36/h7-11,17-19,21-22,24,34-35,38H,6,12-14H2,1-5H3/t17-,18-,19+,21+,22-,24-,27+,28-,29+/m0/s1. The number of rotatable bonds is 6. The van der Waals surface area contributed by atoms with Crippen molar-refractivity contribution in [2.24, 2.45) is 16.7 Å². The zero-order chi connectivity index (χ0) is 33.5. The molecule has 0 unspecified atom stereocenters. The number of hydrogen-bond donors (Lipinski definition) is 3. The van der Waals surface area contributed by atoms with E-state index in [0.29, 0.717) is 0 Å². The van der Waals surface area contributed by atoms with Gasteiger partial charge in [-0.2, -0.15) is 21.6 Å². The maximum Gasteiger partial charge on any atom is 0.523 e. The maximum atomic E-state index is 14.6. The highest BCUT2D eigenvalue weighted by Gasteiger charge is 2.78. The van der Waals surface area contributed by atoms with Gasteiger partial charge in [-0.3, -0.25) is 8.98 Å². The first-order valence-electron chi connectivity index (χ1n) is 14.6. The third kappa shape index (κ3) is 4.72. The molecule has 1 aromatic carbocycles. The molecule has 2 saturated carbocycles. The molecular formula is C30H37F3O11S. The van der Waals surface area contributed by atoms with Crippen molar-refractivity contribution in [3.63, 3.8) is 0 Å². The number of carbonyl (C=O) groups is 2. The summed E-state index contributed by atoms with van der Waals surface area (Å²) in [6.45, 7) is 6.86. The van der Waals surface area contributed by atoms with Gasteiger partial charge in [-0.05, 0) is 44.1 Å². The number of aliphatic hydroxyl groups excluding tert-OH is 2. The van der Waals surface area contributed by atoms with Crippen molar-refractivity contribution in [2.75, 3.05) is 13.2 Å². The largest absolute Gasteiger partial charge is 0.523 e. The normalized spacial score (nSPS) is 39.6. The summed E-state index contributed by atoms with van der Waals surface area (Å²) in [6, 6.07) is 7.60. The van der Waals surface area contributed by atoms with Crippen LogP contribution >= 0.6 is 0 Å². The molecule has 4 aliphatic rings. The zero-order valence-electron chi connectivity index (χ0n) is 25.3. The van der Waals surface area contributed by atoms with E-state index in [0.717, 1.165) is 6.92 Å². The van der Waals surface area contributed by atoms with E-state index in [1.165, 1.54) is 32.9 Å². The molecule has 3 aliphatic carbocycles. The number of ketones is 1. The SMILES string of the molecule is CCO[C@@]12CO[C@@H]1C[C@H](OS(=O)(=O)C(F)(F)F)[C@@]1(C)C(=O)[C@H](O)C3=C(C)[C@@H](O)C[C@@](O)([C@@H](OC(=O)c4ccccc4)[C@H]21)C3(C)C. The highest BCUT2D eigenvalue weighted by molar-refractivity contribution is 7.87. The van der Waals surface area contributed by atoms with Gasteiger partial charge in [-0.1, -0.05) is 32.0 Å². The fraction of sp³-hybridized carbons (Fsp3) is 0.667. The fourth-order valence-corrected chi connectivity index (χ4v) is 8.75. The van der Waals surface area contributed by atoms with Gasteiger partial charge in [-0.25, -0.2) is 4.79 Å². The lowest BCUT2D eigenvalue weighted by molar-refractivity contribution is -0.354. The van der Waals surface area contributed by atoms with Crippen molar-refractivity contribution >= 4 is 21.9 Å². The smallest absolute Gasteiger partial charge is 0.455 e. The molecule has 250 valence electrons. The van der Waals surface area contributed by atoms with E-state index in [1.807, 2.05) is 0 Å². The first kappa shape index (κ1) is 33.9. The summed E-state index contributed by atoms with van der Waals surface area (Å²) < 4.78 is 88.6. The lowest BCUT2D eigenvalue weighted by Crippen LogP contribution is -2.81. The second-order valence-electron chi connectivity index (χ2n) is 13.0. The Bertz CT molecular complexity index is 1510. The Labute approximate surface area is 258 Å². The number of alkyl halides is 3. The van der Waals surface area contributed by atoms with Gasteiger partial charge < -0.3 is 29.5 Å². The van der Waals surface area contributed by atoms with Crippen LogP contribution in [0.25, 0.3) is 0 Å². The lowest BCUT2D eigenvalue weighted by atomic mass is 9.44. The van der Waals surface area contributed by atoms with Crippen molar-refractivity contribution in [2.45, 2.75) is 94.7 Å². The molecule has 5 rings (SSSR count). The average molecular weight is 663 g/mol. The van der Waals surface area contributed by atoms with E-state index in [9.17, 15) is 46.5 Å². The molecule has 0 aromatic heterocycles. The minimum atomic E-state index is -6.31. The first-order chi connectivity index (χ1) is 20.7. The summed E-state index contributed by atoms with van der Waals surface area (Å²) in [7, 11) is -6.31. The van der Waals surface area contributed by atoms with E-state index in [-0.39, 0.29) is 29.9 Å². The van der Waals surface area contributed by atoms with Gasteiger partial charge in [0, 0.05) is 30.8 Å². The van der Waals surface area contributed by atoms with Crippen LogP contribution in [0.1, 0.15) is 57.8 Å². The molecule has 1 aromatic rings. The third-order valence-electron chi connectivity index (χ3n) is 10.5. The molecule has 15 heteroatoms. The van der Waals surface area contributed by atoms with Crippen LogP contribution < -0.4 is 0 Å². The quantitative estimate of drug-likeness (QED) is 0.177. The number of halogens is 3. The molecule has 3 fully saturated rings. The number of hydrogen-bond acceptors (Lipinski definition) is 11. The second-order valence-corrected chi connectivity index (χ2v) is 14.6. The molecule has 9 atom stereocenters. The van der Waals surface area contributed by atoms with Gasteiger partial charge in [0.15, 0.2) is 5.78 Å². The topological polar surface area (TPSA) is 166 Å². The Kier molecular flexibility index (Phi) is 8.16. The maximum absolute atomic E-state index is 14.6. The Balaban J connectivity index is 1.83. The van der Waals surface area contributed by atoms with Crippen LogP contribution in [-0.4, -0.2) is 95.9 Å². The molecular weight excluding hydrogens is 625 g/mol. The Morgan fingerprint density at radius 3 is 2.29 bits per heavy atom. The molecule has 1 aliphatic heterocycles. The molecule has 1 heterocycles. The van der Waals surface area contributed by atoms with E-state index >= 15 is 0 Å². The molecule has 0 spiro atoms. The summed E-state index contributed by atoms with van der Waals surface area (Å²) in [5, 5.41) is 35.6. The fourth-order valence-electron chi connectivity index (χ4n) is 8.05. The lowest BCUT2D eigenvalue weighted by Gasteiger charge is -2.68. The van der Waals surface area contributed by atoms with Gasteiger partial charge in [0.25, 0.3) is 0 Å². The second kappa shape index (κ2) is 10.8. The van der Waals surface area contributed by atoms with Gasteiger partial charge in [0.2, 0.25) is 0 Å². The van der Waals surface area contributed by atoms with Crippen molar-refractivity contribution < 1.29 is 64.9 Å². The summed E-state index contributed by atoms with van der Waals surface area (Å²) >= 11 is 0. The third-order valence-corrected chi connectivity index (χ3v) is 11.6. The van der Waals surface area contributed by atoms with E-state index < -0.39 is 98.7 Å². The van der Waals surface area contributed by atoms with Gasteiger partial charge in [0.1, 0.15) is 23.4 Å². The molecule has 1 saturated heterocycles. The molecule has 0 amide bonds. The highest BCUT2D eigenvalue weighted by Crippen LogP contribution is 2.64. The number of carbonyl (C=O) groups excluding carboxylic acids is 2. The summed E-state index contributed by atoms with van der Waals surface area (Å²) in [5.74, 6) is -3.77. The van der Waals surface area contributed by atoms with Crippen LogP contribution in [0.4, 0.5) is 13.2 Å². The summed E-state index contributed by atoms with van der Waals surface area (Å²) in [5.41, 5.74) is -13.7. The number of benzene rings is 1. The number of Topliss-reactive ketones (excluding diaryl/α,β-unsaturated/α-hetero) is 1. The van der Waals surface area contributed by atoms with Crippen molar-refractivity contribution in [1.82, 2.24) is 0 Å². The minimum Gasteiger partial charge on any atom is -0.455 e. The van der Waals surface area contributed by atoms with Gasteiger partial charge in [-0.15, -0.1) is 0 Å². The molecule has 0 radical (unpaired) electrons. The first-order valence-corrected chi connectivity index (χ1v) is 16.0. The monoisotopic (exact) mass is 662 g/mol. The molecule has 11 nitrogen and oxygen atoms in total. The number of aliphatic hydroxyl groups is 3. The van der Waals surface area contributed by atoms with Crippen molar-refractivity contribution in [1.29, 1.82) is 0 Å². The van der Waals surface area contributed by atoms with Crippen LogP contribution in [0, 0.1) is 16.7 Å². The zero-order valence-corrected chi connectivity index (χ0v) is 26.1. The predicted molar refractivity (Wildman–Crippen MR) is 149 cm³/mol. The number of fused-ring (bicyclic) bond motifs is 5. The van der Waals surface area contributed by atoms with Crippen molar-refractivity contribution in [3.8, 4) is 0 Å². The summed E-state index contributed by atoms with van der Waals surface area (Å²) in [6.07, 6.45) is -9.72. The molecule has 2 bridgehead atoms. The number of esters is 1. The van der Waals surface area contributed by atoms with Crippen LogP contribution in [-0.2, 0) is 33.3 Å². The van der Waals surface area contributed by atoms with E-state index in [1.54, 1.807) is 25.1 Å². The predicted octanol–water partition coefficient (Wildman–Crippen LogP) is 2.43. The average Bonchev–Trinajstić information content (AvgIpc) is 2.94. The van der Waals surface area contributed by atoms with Gasteiger partial charge >= 0.3 is 21.6 Å². The van der Waals surface area contributed by atoms with Crippen LogP contribution in [0.2, 0.25) is 0 Å². The van der Waals surface area contributed by atoms with Gasteiger partial charge in [0.05, 0.1) is 35.9 Å². The van der Waals surface area contributed by atoms with Crippen LogP contribution in [0.5, 0.6) is 0 Å². The number of ether oxygens (including phenoxy) is 3. The Morgan fingerprint density at radius 2 is 1.76 bits per heavy atom. The van der Waals surface area contributed by atoms with Crippen LogP contribution in [0.3, 0.4) is 0 Å². The van der Waals surface area contributed by atoms with Crippen LogP contribution in [0.15, 0.2) is 41.5 Å².